The molecule has 6 heteroatoms. The van der Waals surface area contributed by atoms with Crippen molar-refractivity contribution in [3.63, 3.8) is 0 Å². The molecule has 4 heterocycles. The number of nitrogens with zero attached hydrogens (tertiary/aromatic N) is 4. The van der Waals surface area contributed by atoms with Crippen LogP contribution in [0.2, 0.25) is 0 Å². The second-order valence-corrected chi connectivity index (χ2v) is 19.0. The van der Waals surface area contributed by atoms with Gasteiger partial charge in [0.05, 0.1) is 11.0 Å². The standard InChI is InChI=1S/C64H40N4OS.C2H6/c1-3-15-40(16-4-1)45-30-33-56-54(37-45)53-26-14-25-49(47-22-13-21-44(36-47)42-19-7-8-20-43(35-42)46-31-34-60-55(38-46)52-24-10-12-28-59(52)70-60)61(53)68(56)64-66-62(41-17-5-2-6-18-41)65-63(67-64)48-29-32-51-50-23-9-11-27-57(50)69-58(51)39-48;1-2/h1-7,9-39H,8H2;1-2H3. The van der Waals surface area contributed by atoms with Gasteiger partial charge in [-0.2, -0.15) is 9.97 Å². The lowest BCUT2D eigenvalue weighted by atomic mass is 9.95. The van der Waals surface area contributed by atoms with Crippen molar-refractivity contribution in [2.24, 2.45) is 0 Å². The van der Waals surface area contributed by atoms with Crippen LogP contribution in [0.15, 0.2) is 235 Å². The number of hydrogen-bond acceptors (Lipinski definition) is 5. The van der Waals surface area contributed by atoms with E-state index in [1.54, 1.807) is 0 Å². The van der Waals surface area contributed by atoms with Gasteiger partial charge in [0.2, 0.25) is 5.95 Å². The van der Waals surface area contributed by atoms with Gasteiger partial charge in [-0.15, -0.1) is 11.3 Å². The van der Waals surface area contributed by atoms with Crippen LogP contribution in [0.4, 0.5) is 0 Å². The molecule has 0 atom stereocenters. The smallest absolute Gasteiger partial charge is 0.238 e. The Morgan fingerprint density at radius 1 is 0.431 bits per heavy atom. The summed E-state index contributed by atoms with van der Waals surface area (Å²) in [6, 6.07) is 73.1. The second kappa shape index (κ2) is 18.1. The summed E-state index contributed by atoms with van der Waals surface area (Å²) < 4.78 is 11.3. The van der Waals surface area contributed by atoms with Crippen molar-refractivity contribution in [1.29, 1.82) is 0 Å². The number of thiophene rings is 1. The summed E-state index contributed by atoms with van der Waals surface area (Å²) in [5, 5.41) is 6.97. The predicted octanol–water partition coefficient (Wildman–Crippen LogP) is 18.4. The maximum atomic E-state index is 6.39. The molecule has 4 aromatic heterocycles. The van der Waals surface area contributed by atoms with Crippen LogP contribution in [0.1, 0.15) is 31.4 Å². The van der Waals surface area contributed by atoms with Gasteiger partial charge in [-0.05, 0) is 106 Å². The summed E-state index contributed by atoms with van der Waals surface area (Å²) in [5.41, 5.74) is 14.6. The van der Waals surface area contributed by atoms with Crippen molar-refractivity contribution in [3.8, 4) is 51.0 Å². The van der Waals surface area contributed by atoms with Crippen molar-refractivity contribution in [2.45, 2.75) is 20.3 Å². The third kappa shape index (κ3) is 7.52. The highest BCUT2D eigenvalue weighted by atomic mass is 32.1. The molecule has 0 fully saturated rings. The van der Waals surface area contributed by atoms with Crippen LogP contribution in [0.5, 0.6) is 0 Å². The zero-order chi connectivity index (χ0) is 48.1. The third-order valence-electron chi connectivity index (χ3n) is 13.7. The van der Waals surface area contributed by atoms with Crippen LogP contribution < -0.4 is 0 Å². The van der Waals surface area contributed by atoms with Crippen LogP contribution in [0.3, 0.4) is 0 Å². The first-order valence-corrected chi connectivity index (χ1v) is 25.5. The number of fused-ring (bicyclic) bond motifs is 9. The largest absolute Gasteiger partial charge is 0.456 e. The molecular formula is C66H46N4OS. The molecule has 1 aliphatic rings. The van der Waals surface area contributed by atoms with Gasteiger partial charge >= 0.3 is 0 Å². The van der Waals surface area contributed by atoms with E-state index in [1.165, 1.54) is 31.3 Å². The van der Waals surface area contributed by atoms with E-state index in [0.29, 0.717) is 17.6 Å². The summed E-state index contributed by atoms with van der Waals surface area (Å²) in [4.78, 5) is 15.9. The number of benzene rings is 9. The fourth-order valence-corrected chi connectivity index (χ4v) is 11.4. The first-order valence-electron chi connectivity index (χ1n) is 24.6. The maximum absolute atomic E-state index is 6.39. The monoisotopic (exact) mass is 942 g/mol. The summed E-state index contributed by atoms with van der Waals surface area (Å²) in [6.45, 7) is 4.00. The average Bonchev–Trinajstić information content (AvgIpc) is 4.05. The van der Waals surface area contributed by atoms with Gasteiger partial charge in [-0.3, -0.25) is 4.57 Å². The molecule has 0 amide bonds. The summed E-state index contributed by atoms with van der Waals surface area (Å²) in [5.74, 6) is 1.68. The number of hydrogen-bond donors (Lipinski definition) is 0. The molecule has 342 valence electrons. The Morgan fingerprint density at radius 2 is 1.07 bits per heavy atom. The molecule has 9 aromatic carbocycles. The van der Waals surface area contributed by atoms with E-state index < -0.39 is 0 Å². The van der Waals surface area contributed by atoms with E-state index in [0.717, 1.165) is 94.7 Å². The van der Waals surface area contributed by atoms with E-state index >= 15 is 0 Å². The van der Waals surface area contributed by atoms with Gasteiger partial charge in [0.25, 0.3) is 0 Å². The molecule has 0 saturated carbocycles. The summed E-state index contributed by atoms with van der Waals surface area (Å²) in [6.07, 6.45) is 10.1. The molecule has 0 spiro atoms. The highest BCUT2D eigenvalue weighted by Gasteiger charge is 2.22. The molecule has 0 N–H and O–H groups in total. The molecule has 13 aromatic rings. The lowest BCUT2D eigenvalue weighted by molar-refractivity contribution is 0.669. The zero-order valence-corrected chi connectivity index (χ0v) is 40.6. The Balaban J connectivity index is 0.00000249. The number of aromatic nitrogens is 4. The minimum atomic E-state index is 0.532. The zero-order valence-electron chi connectivity index (χ0n) is 39.8. The van der Waals surface area contributed by atoms with E-state index in [-0.39, 0.29) is 0 Å². The van der Waals surface area contributed by atoms with E-state index in [1.807, 2.05) is 61.6 Å². The van der Waals surface area contributed by atoms with Gasteiger partial charge < -0.3 is 4.42 Å². The second-order valence-electron chi connectivity index (χ2n) is 17.9. The molecule has 72 heavy (non-hydrogen) atoms. The van der Waals surface area contributed by atoms with Gasteiger partial charge in [0.15, 0.2) is 11.6 Å². The van der Waals surface area contributed by atoms with Crippen LogP contribution in [0, 0.1) is 0 Å². The number of rotatable bonds is 7. The molecular weight excluding hydrogens is 897 g/mol. The lowest BCUT2D eigenvalue weighted by Crippen LogP contribution is -2.07. The molecule has 0 bridgehead atoms. The van der Waals surface area contributed by atoms with Gasteiger partial charge in [-0.1, -0.05) is 184 Å². The Hall–Kier alpha value is -8.97. The first kappa shape index (κ1) is 43.1. The van der Waals surface area contributed by atoms with Crippen molar-refractivity contribution in [1.82, 2.24) is 19.5 Å². The van der Waals surface area contributed by atoms with Gasteiger partial charge in [-0.25, -0.2) is 4.98 Å². The van der Waals surface area contributed by atoms with Crippen molar-refractivity contribution in [3.05, 3.63) is 242 Å². The SMILES string of the molecule is C1=CC(c2cccc(-c3cccc4c5cc(-c6ccccc6)ccc5n(-c5nc(-c6ccccc6)nc(-c6ccc7c(c6)oc6ccccc67)n5)c34)c2)=CC(c2ccc3sc4ccccc4c3c2)=CC1.CC. The van der Waals surface area contributed by atoms with Gasteiger partial charge in [0.1, 0.15) is 11.2 Å². The first-order chi connectivity index (χ1) is 35.7. The Bertz CT molecular complexity index is 4320. The Kier molecular flexibility index (Phi) is 10.8. The van der Waals surface area contributed by atoms with E-state index in [9.17, 15) is 0 Å². The van der Waals surface area contributed by atoms with Crippen LogP contribution in [-0.2, 0) is 0 Å². The summed E-state index contributed by atoms with van der Waals surface area (Å²) >= 11 is 1.86. The van der Waals surface area contributed by atoms with E-state index in [2.05, 4.69) is 199 Å². The van der Waals surface area contributed by atoms with Crippen molar-refractivity contribution < 1.29 is 4.42 Å². The van der Waals surface area contributed by atoms with Crippen molar-refractivity contribution >= 4 is 86.4 Å². The molecule has 0 radical (unpaired) electrons. The number of allylic oxidation sites excluding steroid dienone is 6. The highest BCUT2D eigenvalue weighted by molar-refractivity contribution is 7.25. The predicted molar refractivity (Wildman–Crippen MR) is 304 cm³/mol. The van der Waals surface area contributed by atoms with Crippen LogP contribution >= 0.6 is 11.3 Å². The number of para-hydroxylation sites is 2. The van der Waals surface area contributed by atoms with E-state index in [4.69, 9.17) is 19.4 Å². The molecule has 0 saturated heterocycles. The van der Waals surface area contributed by atoms with Crippen LogP contribution in [0.25, 0.3) is 126 Å². The minimum absolute atomic E-state index is 0.532. The maximum Gasteiger partial charge on any atom is 0.238 e. The van der Waals surface area contributed by atoms with Gasteiger partial charge in [0, 0.05) is 58.4 Å². The molecule has 0 unspecified atom stereocenters. The molecule has 1 aliphatic carbocycles. The fourth-order valence-electron chi connectivity index (χ4n) is 10.3. The number of furan rings is 1. The minimum Gasteiger partial charge on any atom is -0.456 e. The molecule has 0 aliphatic heterocycles. The van der Waals surface area contributed by atoms with Crippen molar-refractivity contribution in [2.75, 3.05) is 0 Å². The average molecular weight is 943 g/mol. The Labute approximate surface area is 421 Å². The topological polar surface area (TPSA) is 56.7 Å². The molecule has 5 nitrogen and oxygen atoms in total. The lowest BCUT2D eigenvalue weighted by Gasteiger charge is -2.14. The Morgan fingerprint density at radius 3 is 1.93 bits per heavy atom. The molecule has 14 rings (SSSR count). The third-order valence-corrected chi connectivity index (χ3v) is 14.8. The fraction of sp³-hybridized carbons (Fsp3) is 0.0455. The normalized spacial score (nSPS) is 12.6. The summed E-state index contributed by atoms with van der Waals surface area (Å²) in [7, 11) is 0. The van der Waals surface area contributed by atoms with Crippen LogP contribution in [-0.4, -0.2) is 19.5 Å². The highest BCUT2D eigenvalue weighted by Crippen LogP contribution is 2.42. The quantitative estimate of drug-likeness (QED) is 0.160.